The predicted octanol–water partition coefficient (Wildman–Crippen LogP) is 1.77. The molecule has 2 aliphatic heterocycles. The molecule has 1 aromatic carbocycles. The molecule has 0 amide bonds. The number of rotatable bonds is 2. The Labute approximate surface area is 123 Å². The Morgan fingerprint density at radius 1 is 1.14 bits per heavy atom. The van der Waals surface area contributed by atoms with Crippen LogP contribution in [0.1, 0.15) is 5.56 Å². The Morgan fingerprint density at radius 2 is 2.05 bits per heavy atom. The summed E-state index contributed by atoms with van der Waals surface area (Å²) in [7, 11) is 0. The number of fused-ring (bicyclic) bond motifs is 1. The summed E-state index contributed by atoms with van der Waals surface area (Å²) in [6.07, 6.45) is 4.77. The third-order valence-electron chi connectivity index (χ3n) is 5.62. The van der Waals surface area contributed by atoms with Crippen LogP contribution in [-0.4, -0.2) is 30.7 Å². The van der Waals surface area contributed by atoms with Crippen molar-refractivity contribution in [2.24, 2.45) is 23.7 Å². The van der Waals surface area contributed by atoms with Gasteiger partial charge in [0, 0.05) is 0 Å². The van der Waals surface area contributed by atoms with Gasteiger partial charge >= 0.3 is 0 Å². The van der Waals surface area contributed by atoms with Gasteiger partial charge in [-0.05, 0) is 47.8 Å². The third kappa shape index (κ3) is 1.63. The van der Waals surface area contributed by atoms with Gasteiger partial charge in [0.1, 0.15) is 0 Å². The smallest absolute Gasteiger partial charge is 0.231 e. The summed E-state index contributed by atoms with van der Waals surface area (Å²) in [5, 5.41) is 9.96. The summed E-state index contributed by atoms with van der Waals surface area (Å²) in [4.78, 5) is 0. The molecule has 3 unspecified atom stereocenters. The van der Waals surface area contributed by atoms with Gasteiger partial charge in [0.2, 0.25) is 6.79 Å². The van der Waals surface area contributed by atoms with Crippen molar-refractivity contribution in [1.82, 2.24) is 0 Å². The molecule has 2 fully saturated rings. The zero-order chi connectivity index (χ0) is 14.0. The Kier molecular flexibility index (Phi) is 2.44. The van der Waals surface area contributed by atoms with Crippen LogP contribution in [0.25, 0.3) is 0 Å². The van der Waals surface area contributed by atoms with Crippen LogP contribution >= 0.6 is 0 Å². The first kappa shape index (κ1) is 12.1. The number of ether oxygens (including phenoxy) is 3. The molecule has 2 heterocycles. The van der Waals surface area contributed by atoms with Crippen LogP contribution in [0.3, 0.4) is 0 Å². The molecule has 1 aromatic rings. The summed E-state index contributed by atoms with van der Waals surface area (Å²) < 4.78 is 16.6. The minimum atomic E-state index is -0.414. The van der Waals surface area contributed by atoms with Crippen molar-refractivity contribution >= 4 is 0 Å². The molecular formula is C17H18O4. The number of hydrogen-bond donors (Lipinski definition) is 1. The molecule has 2 aliphatic carbocycles. The van der Waals surface area contributed by atoms with Gasteiger partial charge in [-0.15, -0.1) is 0 Å². The highest BCUT2D eigenvalue weighted by molar-refractivity contribution is 5.44. The lowest BCUT2D eigenvalue weighted by Gasteiger charge is -2.50. The minimum absolute atomic E-state index is 0.0259. The highest BCUT2D eigenvalue weighted by Crippen LogP contribution is 2.57. The van der Waals surface area contributed by atoms with E-state index >= 15 is 0 Å². The van der Waals surface area contributed by atoms with E-state index in [2.05, 4.69) is 18.2 Å². The van der Waals surface area contributed by atoms with Crippen LogP contribution in [0.15, 0.2) is 30.4 Å². The van der Waals surface area contributed by atoms with Gasteiger partial charge in [-0.3, -0.25) is 0 Å². The van der Waals surface area contributed by atoms with E-state index in [9.17, 15) is 5.11 Å². The highest BCUT2D eigenvalue weighted by Gasteiger charge is 2.59. The molecule has 0 radical (unpaired) electrons. The number of aliphatic hydroxyl groups is 1. The van der Waals surface area contributed by atoms with Gasteiger partial charge in [0.25, 0.3) is 0 Å². The molecule has 0 aromatic heterocycles. The van der Waals surface area contributed by atoms with Crippen LogP contribution in [0.2, 0.25) is 0 Å². The molecule has 4 heteroatoms. The van der Waals surface area contributed by atoms with Crippen molar-refractivity contribution in [3.05, 3.63) is 35.9 Å². The SMILES string of the molecule is OC1C=C[C@@H]2C(Cc3ccc4c(c3)OCO4)[C@@H]3COC1[C@H]23. The maximum atomic E-state index is 9.96. The normalized spacial score (nSPS) is 41.8. The number of hydrogen-bond acceptors (Lipinski definition) is 4. The van der Waals surface area contributed by atoms with E-state index in [1.165, 1.54) is 5.56 Å². The average Bonchev–Trinajstić information content (AvgIpc) is 3.10. The monoisotopic (exact) mass is 286 g/mol. The minimum Gasteiger partial charge on any atom is -0.454 e. The molecule has 4 nitrogen and oxygen atoms in total. The van der Waals surface area contributed by atoms with Gasteiger partial charge < -0.3 is 19.3 Å². The summed E-state index contributed by atoms with van der Waals surface area (Å²) >= 11 is 0. The fourth-order valence-corrected chi connectivity index (χ4v) is 4.60. The molecule has 0 spiro atoms. The predicted molar refractivity (Wildman–Crippen MR) is 75.1 cm³/mol. The summed E-state index contributed by atoms with van der Waals surface area (Å²) in [5.74, 6) is 3.98. The molecule has 4 aliphatic rings. The Morgan fingerprint density at radius 3 is 3.00 bits per heavy atom. The van der Waals surface area contributed by atoms with Gasteiger partial charge in [0.05, 0.1) is 18.8 Å². The topological polar surface area (TPSA) is 47.9 Å². The van der Waals surface area contributed by atoms with Crippen molar-refractivity contribution in [2.75, 3.05) is 13.4 Å². The fraction of sp³-hybridized carbons (Fsp3) is 0.529. The lowest BCUT2D eigenvalue weighted by molar-refractivity contribution is -0.0399. The zero-order valence-electron chi connectivity index (χ0n) is 11.6. The van der Waals surface area contributed by atoms with E-state index in [1.807, 2.05) is 12.1 Å². The molecule has 110 valence electrons. The number of aliphatic hydroxyl groups excluding tert-OH is 1. The van der Waals surface area contributed by atoms with Gasteiger partial charge in [0.15, 0.2) is 11.5 Å². The second-order valence-corrected chi connectivity index (χ2v) is 6.55. The maximum absolute atomic E-state index is 9.96. The maximum Gasteiger partial charge on any atom is 0.231 e. The molecule has 6 atom stereocenters. The van der Waals surface area contributed by atoms with Crippen molar-refractivity contribution in [2.45, 2.75) is 18.6 Å². The van der Waals surface area contributed by atoms with Crippen LogP contribution in [0.4, 0.5) is 0 Å². The number of allylic oxidation sites excluding steroid dienone is 1. The first-order valence-electron chi connectivity index (χ1n) is 7.68. The summed E-state index contributed by atoms with van der Waals surface area (Å²) in [6, 6.07) is 6.24. The van der Waals surface area contributed by atoms with E-state index in [4.69, 9.17) is 14.2 Å². The van der Waals surface area contributed by atoms with E-state index < -0.39 is 6.10 Å². The lowest BCUT2D eigenvalue weighted by atomic mass is 9.53. The fourth-order valence-electron chi connectivity index (χ4n) is 4.60. The Balaban J connectivity index is 1.39. The van der Waals surface area contributed by atoms with E-state index in [0.717, 1.165) is 24.5 Å². The molecule has 1 saturated carbocycles. The summed E-state index contributed by atoms with van der Waals surface area (Å²) in [5.41, 5.74) is 1.30. The first-order chi connectivity index (χ1) is 10.3. The Bertz CT molecular complexity index is 611. The van der Waals surface area contributed by atoms with Crippen molar-refractivity contribution in [3.63, 3.8) is 0 Å². The summed E-state index contributed by atoms with van der Waals surface area (Å²) in [6.45, 7) is 1.12. The third-order valence-corrected chi connectivity index (χ3v) is 5.62. The Hall–Kier alpha value is -1.52. The first-order valence-corrected chi connectivity index (χ1v) is 7.68. The molecule has 1 saturated heterocycles. The van der Waals surface area contributed by atoms with Crippen molar-refractivity contribution in [1.29, 1.82) is 0 Å². The van der Waals surface area contributed by atoms with Crippen molar-refractivity contribution in [3.8, 4) is 11.5 Å². The van der Waals surface area contributed by atoms with E-state index in [0.29, 0.717) is 30.5 Å². The highest BCUT2D eigenvalue weighted by atomic mass is 16.7. The van der Waals surface area contributed by atoms with Crippen LogP contribution in [-0.2, 0) is 11.2 Å². The second-order valence-electron chi connectivity index (χ2n) is 6.55. The lowest BCUT2D eigenvalue weighted by Crippen LogP contribution is -2.53. The largest absolute Gasteiger partial charge is 0.454 e. The van der Waals surface area contributed by atoms with Crippen LogP contribution in [0, 0.1) is 23.7 Å². The van der Waals surface area contributed by atoms with Crippen LogP contribution in [0.5, 0.6) is 11.5 Å². The zero-order valence-corrected chi connectivity index (χ0v) is 11.6. The van der Waals surface area contributed by atoms with Gasteiger partial charge in [-0.2, -0.15) is 0 Å². The van der Waals surface area contributed by atoms with Crippen molar-refractivity contribution < 1.29 is 19.3 Å². The standard InChI is InChI=1S/C17H18O4/c18-13-3-2-10-11(12-7-19-17(13)16(10)12)5-9-1-4-14-15(6-9)21-8-20-14/h1-4,6,10-13,16-18H,5,7-8H2/t10-,11?,12+,13?,16-,17?/m1/s1. The molecule has 1 N–H and O–H groups in total. The molecule has 21 heavy (non-hydrogen) atoms. The van der Waals surface area contributed by atoms with Crippen LogP contribution < -0.4 is 9.47 Å². The van der Waals surface area contributed by atoms with Gasteiger partial charge in [-0.1, -0.05) is 18.2 Å². The second kappa shape index (κ2) is 4.24. The number of benzene rings is 1. The average molecular weight is 286 g/mol. The quantitative estimate of drug-likeness (QED) is 0.842. The molecule has 0 bridgehead atoms. The molecule has 5 rings (SSSR count). The van der Waals surface area contributed by atoms with E-state index in [-0.39, 0.29) is 6.10 Å². The van der Waals surface area contributed by atoms with Gasteiger partial charge in [-0.25, -0.2) is 0 Å². The molecular weight excluding hydrogens is 268 g/mol. The van der Waals surface area contributed by atoms with E-state index in [1.54, 1.807) is 0 Å².